The summed E-state index contributed by atoms with van der Waals surface area (Å²) in [4.78, 5) is 0. The number of nitrogens with two attached hydrogens (primary N) is 1. The Morgan fingerprint density at radius 1 is 1.10 bits per heavy atom. The molecule has 21 heavy (non-hydrogen) atoms. The molecule has 0 radical (unpaired) electrons. The summed E-state index contributed by atoms with van der Waals surface area (Å²) in [6.07, 6.45) is 8.90. The number of benzene rings is 1. The summed E-state index contributed by atoms with van der Waals surface area (Å²) in [6, 6.07) is 8.19. The molecular weight excluding hydrogens is 328 g/mol. The van der Waals surface area contributed by atoms with E-state index in [4.69, 9.17) is 10.3 Å². The first-order valence-electron chi connectivity index (χ1n) is 7.76. The van der Waals surface area contributed by atoms with Gasteiger partial charge in [0.2, 0.25) is 0 Å². The van der Waals surface area contributed by atoms with E-state index < -0.39 is 0 Å². The molecule has 0 aliphatic heterocycles. The minimum absolute atomic E-state index is 0.448. The summed E-state index contributed by atoms with van der Waals surface area (Å²) in [5.41, 5.74) is 8.15. The van der Waals surface area contributed by atoms with Gasteiger partial charge in [-0.1, -0.05) is 65.3 Å². The fraction of sp³-hybridized carbons (Fsp3) is 0.471. The maximum atomic E-state index is 6.08. The molecule has 3 rings (SSSR count). The van der Waals surface area contributed by atoms with Gasteiger partial charge in [-0.05, 0) is 30.5 Å². The quantitative estimate of drug-likeness (QED) is 0.777. The van der Waals surface area contributed by atoms with E-state index in [2.05, 4.69) is 33.2 Å². The van der Waals surface area contributed by atoms with Crippen molar-refractivity contribution >= 4 is 21.7 Å². The second-order valence-electron chi connectivity index (χ2n) is 5.86. The average molecular weight is 349 g/mol. The van der Waals surface area contributed by atoms with Crippen LogP contribution in [0.3, 0.4) is 0 Å². The van der Waals surface area contributed by atoms with Crippen LogP contribution in [-0.4, -0.2) is 5.16 Å². The minimum Gasteiger partial charge on any atom is -0.380 e. The third kappa shape index (κ3) is 3.31. The lowest BCUT2D eigenvalue weighted by atomic mass is 9.86. The smallest absolute Gasteiger partial charge is 0.175 e. The molecule has 2 N–H and O–H groups in total. The van der Waals surface area contributed by atoms with E-state index in [1.54, 1.807) is 0 Å². The predicted molar refractivity (Wildman–Crippen MR) is 89.1 cm³/mol. The maximum absolute atomic E-state index is 6.08. The van der Waals surface area contributed by atoms with Crippen LogP contribution in [0.15, 0.2) is 33.3 Å². The van der Waals surface area contributed by atoms with Crippen molar-refractivity contribution in [2.75, 3.05) is 5.73 Å². The van der Waals surface area contributed by atoms with Crippen LogP contribution in [-0.2, 0) is 0 Å². The van der Waals surface area contributed by atoms with Crippen molar-refractivity contribution in [3.8, 4) is 11.1 Å². The Labute approximate surface area is 134 Å². The second kappa shape index (κ2) is 6.65. The molecule has 1 aromatic heterocycles. The summed E-state index contributed by atoms with van der Waals surface area (Å²) in [5.74, 6) is 1.93. The third-order valence-corrected chi connectivity index (χ3v) is 4.83. The van der Waals surface area contributed by atoms with Crippen LogP contribution in [0.2, 0.25) is 0 Å². The van der Waals surface area contributed by atoms with E-state index in [0.717, 1.165) is 21.4 Å². The summed E-state index contributed by atoms with van der Waals surface area (Å²) < 4.78 is 6.68. The average Bonchev–Trinajstić information content (AvgIpc) is 2.80. The van der Waals surface area contributed by atoms with Crippen molar-refractivity contribution in [1.82, 2.24) is 5.16 Å². The fourth-order valence-corrected chi connectivity index (χ4v) is 3.65. The molecule has 0 amide bonds. The number of aromatic nitrogens is 1. The minimum atomic E-state index is 0.448. The Morgan fingerprint density at radius 2 is 1.81 bits per heavy atom. The molecule has 2 aromatic rings. The van der Waals surface area contributed by atoms with Crippen molar-refractivity contribution in [3.05, 3.63) is 34.5 Å². The van der Waals surface area contributed by atoms with Gasteiger partial charge in [0.25, 0.3) is 0 Å². The number of anilines is 1. The van der Waals surface area contributed by atoms with Crippen molar-refractivity contribution in [2.24, 2.45) is 0 Å². The standard InChI is InChI=1S/C17H21BrN2O/c18-14-10-6-9-13(11-14)15-16(21-20-17(15)19)12-7-4-2-1-3-5-8-12/h6,9-12H,1-5,7-8H2,(H2,19,20). The Morgan fingerprint density at radius 3 is 2.52 bits per heavy atom. The fourth-order valence-electron chi connectivity index (χ4n) is 3.25. The summed E-state index contributed by atoms with van der Waals surface area (Å²) in [7, 11) is 0. The Bertz CT molecular complexity index is 601. The number of hydrogen-bond donors (Lipinski definition) is 1. The number of halogens is 1. The zero-order valence-corrected chi connectivity index (χ0v) is 13.7. The topological polar surface area (TPSA) is 52.0 Å². The summed E-state index contributed by atoms with van der Waals surface area (Å²) in [5, 5.41) is 4.04. The normalized spacial score (nSPS) is 17.4. The lowest BCUT2D eigenvalue weighted by Gasteiger charge is -2.18. The first-order chi connectivity index (χ1) is 10.3. The van der Waals surface area contributed by atoms with Crippen molar-refractivity contribution in [3.63, 3.8) is 0 Å². The van der Waals surface area contributed by atoms with Crippen LogP contribution in [0, 0.1) is 0 Å². The van der Waals surface area contributed by atoms with Crippen LogP contribution in [0.5, 0.6) is 0 Å². The van der Waals surface area contributed by atoms with Crippen LogP contribution in [0.1, 0.15) is 56.6 Å². The summed E-state index contributed by atoms with van der Waals surface area (Å²) >= 11 is 3.52. The molecule has 3 nitrogen and oxygen atoms in total. The number of nitrogen functional groups attached to an aromatic ring is 1. The molecule has 1 aromatic carbocycles. The van der Waals surface area contributed by atoms with Crippen molar-refractivity contribution in [2.45, 2.75) is 50.9 Å². The van der Waals surface area contributed by atoms with E-state index in [-0.39, 0.29) is 0 Å². The Kier molecular flexibility index (Phi) is 4.63. The number of rotatable bonds is 2. The van der Waals surface area contributed by atoms with Crippen LogP contribution in [0.4, 0.5) is 5.82 Å². The Hall–Kier alpha value is -1.29. The van der Waals surface area contributed by atoms with Gasteiger partial charge in [0.15, 0.2) is 5.82 Å². The maximum Gasteiger partial charge on any atom is 0.175 e. The molecule has 1 aliphatic carbocycles. The Balaban J connectivity index is 1.96. The van der Waals surface area contributed by atoms with Gasteiger partial charge >= 0.3 is 0 Å². The molecule has 4 heteroatoms. The molecule has 1 heterocycles. The number of nitrogens with zero attached hydrogens (tertiary/aromatic N) is 1. The highest BCUT2D eigenvalue weighted by Gasteiger charge is 2.24. The van der Waals surface area contributed by atoms with Crippen molar-refractivity contribution in [1.29, 1.82) is 0 Å². The molecule has 0 saturated heterocycles. The highest BCUT2D eigenvalue weighted by atomic mass is 79.9. The second-order valence-corrected chi connectivity index (χ2v) is 6.78. The zero-order chi connectivity index (χ0) is 14.7. The molecule has 0 spiro atoms. The van der Waals surface area contributed by atoms with E-state index in [9.17, 15) is 0 Å². The van der Waals surface area contributed by atoms with Gasteiger partial charge in [0, 0.05) is 10.4 Å². The van der Waals surface area contributed by atoms with Crippen LogP contribution >= 0.6 is 15.9 Å². The van der Waals surface area contributed by atoms with Gasteiger partial charge in [-0.3, -0.25) is 0 Å². The van der Waals surface area contributed by atoms with Gasteiger partial charge in [0.05, 0.1) is 5.56 Å². The highest BCUT2D eigenvalue weighted by Crippen LogP contribution is 2.40. The van der Waals surface area contributed by atoms with Crippen molar-refractivity contribution < 1.29 is 4.52 Å². The lowest BCUT2D eigenvalue weighted by molar-refractivity contribution is 0.332. The molecule has 1 fully saturated rings. The first kappa shape index (κ1) is 14.6. The van der Waals surface area contributed by atoms with E-state index in [1.165, 1.54) is 44.9 Å². The van der Waals surface area contributed by atoms with Crippen LogP contribution < -0.4 is 5.73 Å². The number of hydrogen-bond acceptors (Lipinski definition) is 3. The molecule has 0 bridgehead atoms. The lowest BCUT2D eigenvalue weighted by Crippen LogP contribution is -2.03. The molecule has 1 saturated carbocycles. The molecule has 1 aliphatic rings. The van der Waals surface area contributed by atoms with Gasteiger partial charge in [0.1, 0.15) is 5.76 Å². The third-order valence-electron chi connectivity index (χ3n) is 4.33. The zero-order valence-electron chi connectivity index (χ0n) is 12.1. The van der Waals surface area contributed by atoms with Gasteiger partial charge in [-0.15, -0.1) is 0 Å². The molecular formula is C17H21BrN2O. The predicted octanol–water partition coefficient (Wildman–Crippen LogP) is 5.51. The monoisotopic (exact) mass is 348 g/mol. The van der Waals surface area contributed by atoms with E-state index in [0.29, 0.717) is 11.7 Å². The highest BCUT2D eigenvalue weighted by molar-refractivity contribution is 9.10. The molecule has 0 unspecified atom stereocenters. The SMILES string of the molecule is Nc1noc(C2CCCCCCC2)c1-c1cccc(Br)c1. The van der Waals surface area contributed by atoms with Gasteiger partial charge in [-0.2, -0.15) is 0 Å². The van der Waals surface area contributed by atoms with Gasteiger partial charge < -0.3 is 10.3 Å². The van der Waals surface area contributed by atoms with E-state index in [1.807, 2.05) is 12.1 Å². The van der Waals surface area contributed by atoms with Crippen LogP contribution in [0.25, 0.3) is 11.1 Å². The molecule has 0 atom stereocenters. The first-order valence-corrected chi connectivity index (χ1v) is 8.56. The largest absolute Gasteiger partial charge is 0.380 e. The molecule has 112 valence electrons. The van der Waals surface area contributed by atoms with E-state index >= 15 is 0 Å². The summed E-state index contributed by atoms with van der Waals surface area (Å²) in [6.45, 7) is 0. The van der Waals surface area contributed by atoms with Gasteiger partial charge in [-0.25, -0.2) is 0 Å².